The minimum absolute atomic E-state index is 0.0544. The Labute approximate surface area is 96.1 Å². The molecular weight excluding hydrogens is 208 g/mol. The summed E-state index contributed by atoms with van der Waals surface area (Å²) in [5.41, 5.74) is -0.470. The Morgan fingerprint density at radius 1 is 1.50 bits per heavy atom. The summed E-state index contributed by atoms with van der Waals surface area (Å²) in [7, 11) is 0. The van der Waals surface area contributed by atoms with Crippen LogP contribution in [0.2, 0.25) is 0 Å². The number of nitrogens with zero attached hydrogens (tertiary/aromatic N) is 1. The molecule has 0 aromatic heterocycles. The first-order chi connectivity index (χ1) is 7.42. The van der Waals surface area contributed by atoms with Gasteiger partial charge in [-0.05, 0) is 33.6 Å². The maximum absolute atomic E-state index is 11.8. The molecule has 0 aliphatic carbocycles. The largest absolute Gasteiger partial charge is 0.444 e. The highest BCUT2D eigenvalue weighted by atomic mass is 16.6. The number of nitrogens with one attached hydrogen (secondary N) is 1. The number of carbonyl (C=O) groups excluding carboxylic acids is 2. The summed E-state index contributed by atoms with van der Waals surface area (Å²) in [6.45, 7) is 6.77. The van der Waals surface area contributed by atoms with Crippen molar-refractivity contribution < 1.29 is 14.3 Å². The summed E-state index contributed by atoms with van der Waals surface area (Å²) < 4.78 is 5.27. The van der Waals surface area contributed by atoms with Crippen molar-refractivity contribution >= 4 is 12.5 Å². The maximum atomic E-state index is 11.8. The van der Waals surface area contributed by atoms with Gasteiger partial charge in [-0.2, -0.15) is 0 Å². The summed E-state index contributed by atoms with van der Waals surface area (Å²) in [5, 5.41) is 2.70. The third-order valence-corrected chi connectivity index (χ3v) is 2.38. The van der Waals surface area contributed by atoms with Gasteiger partial charge in [0.1, 0.15) is 5.60 Å². The van der Waals surface area contributed by atoms with Gasteiger partial charge >= 0.3 is 6.09 Å². The highest BCUT2D eigenvalue weighted by Gasteiger charge is 2.27. The first-order valence-electron chi connectivity index (χ1n) is 5.60. The van der Waals surface area contributed by atoms with E-state index in [9.17, 15) is 9.59 Å². The first kappa shape index (κ1) is 12.8. The van der Waals surface area contributed by atoms with Crippen molar-refractivity contribution in [2.24, 2.45) is 0 Å². The summed E-state index contributed by atoms with van der Waals surface area (Å²) in [4.78, 5) is 23.7. The molecule has 0 bridgehead atoms. The molecule has 1 unspecified atom stereocenters. The average molecular weight is 228 g/mol. The van der Waals surface area contributed by atoms with E-state index in [-0.39, 0.29) is 12.1 Å². The molecular formula is C11H20N2O3. The van der Waals surface area contributed by atoms with Crippen LogP contribution >= 0.6 is 0 Å². The molecule has 1 N–H and O–H groups in total. The molecule has 92 valence electrons. The van der Waals surface area contributed by atoms with Crippen LogP contribution in [0.3, 0.4) is 0 Å². The van der Waals surface area contributed by atoms with Crippen LogP contribution in [0.15, 0.2) is 0 Å². The number of hydrogen-bond donors (Lipinski definition) is 1. The Morgan fingerprint density at radius 2 is 2.19 bits per heavy atom. The fourth-order valence-corrected chi connectivity index (χ4v) is 1.70. The van der Waals surface area contributed by atoms with Gasteiger partial charge in [-0.15, -0.1) is 0 Å². The van der Waals surface area contributed by atoms with Crippen molar-refractivity contribution in [2.75, 3.05) is 13.1 Å². The quantitative estimate of drug-likeness (QED) is 0.721. The summed E-state index contributed by atoms with van der Waals surface area (Å²) in [6, 6.07) is 0.0544. The van der Waals surface area contributed by atoms with Crippen molar-refractivity contribution in [1.29, 1.82) is 0 Å². The van der Waals surface area contributed by atoms with Gasteiger partial charge in [0.2, 0.25) is 6.41 Å². The Hall–Kier alpha value is -1.26. The average Bonchev–Trinajstić information content (AvgIpc) is 2.16. The van der Waals surface area contributed by atoms with E-state index in [1.54, 1.807) is 4.90 Å². The molecule has 0 saturated carbocycles. The molecule has 1 saturated heterocycles. The van der Waals surface area contributed by atoms with Crippen LogP contribution in [0.1, 0.15) is 33.6 Å². The summed E-state index contributed by atoms with van der Waals surface area (Å²) >= 11 is 0. The monoisotopic (exact) mass is 228 g/mol. The van der Waals surface area contributed by atoms with Crippen molar-refractivity contribution in [1.82, 2.24) is 10.2 Å². The van der Waals surface area contributed by atoms with Gasteiger partial charge in [0.15, 0.2) is 0 Å². The third-order valence-electron chi connectivity index (χ3n) is 2.38. The molecule has 0 spiro atoms. The Balaban J connectivity index is 2.47. The fourth-order valence-electron chi connectivity index (χ4n) is 1.70. The number of ether oxygens (including phenoxy) is 1. The van der Waals surface area contributed by atoms with E-state index in [0.29, 0.717) is 19.5 Å². The van der Waals surface area contributed by atoms with E-state index in [1.165, 1.54) is 0 Å². The molecule has 5 nitrogen and oxygen atoms in total. The van der Waals surface area contributed by atoms with E-state index < -0.39 is 5.60 Å². The molecule has 1 atom stereocenters. The zero-order chi connectivity index (χ0) is 12.2. The van der Waals surface area contributed by atoms with E-state index in [0.717, 1.165) is 12.8 Å². The summed E-state index contributed by atoms with van der Waals surface area (Å²) in [5.74, 6) is 0. The van der Waals surface area contributed by atoms with Gasteiger partial charge in [-0.1, -0.05) is 0 Å². The van der Waals surface area contributed by atoms with Gasteiger partial charge in [0.05, 0.1) is 0 Å². The third kappa shape index (κ3) is 4.08. The normalized spacial score (nSPS) is 21.4. The zero-order valence-corrected chi connectivity index (χ0v) is 10.2. The minimum atomic E-state index is -0.470. The van der Waals surface area contributed by atoms with Crippen LogP contribution in [0, 0.1) is 0 Å². The van der Waals surface area contributed by atoms with Crippen LogP contribution in [-0.4, -0.2) is 42.1 Å². The van der Waals surface area contributed by atoms with Crippen LogP contribution in [0.25, 0.3) is 0 Å². The van der Waals surface area contributed by atoms with E-state index in [4.69, 9.17) is 4.74 Å². The SMILES string of the molecule is CC(C)(C)OC(=O)N1CCCC(NC=O)C1. The number of piperidine rings is 1. The van der Waals surface area contributed by atoms with E-state index in [1.807, 2.05) is 20.8 Å². The van der Waals surface area contributed by atoms with Crippen molar-refractivity contribution in [2.45, 2.75) is 45.3 Å². The number of hydrogen-bond acceptors (Lipinski definition) is 3. The molecule has 1 aliphatic heterocycles. The van der Waals surface area contributed by atoms with Gasteiger partial charge < -0.3 is 15.0 Å². The number of carbonyl (C=O) groups is 2. The van der Waals surface area contributed by atoms with E-state index in [2.05, 4.69) is 5.32 Å². The molecule has 0 radical (unpaired) electrons. The molecule has 2 amide bonds. The highest BCUT2D eigenvalue weighted by Crippen LogP contribution is 2.14. The smallest absolute Gasteiger partial charge is 0.410 e. The molecule has 1 aliphatic rings. The highest BCUT2D eigenvalue weighted by molar-refractivity contribution is 5.68. The van der Waals surface area contributed by atoms with Crippen molar-refractivity contribution in [3.63, 3.8) is 0 Å². The lowest BCUT2D eigenvalue weighted by atomic mass is 10.1. The van der Waals surface area contributed by atoms with Crippen LogP contribution in [-0.2, 0) is 9.53 Å². The molecule has 1 rings (SSSR count). The van der Waals surface area contributed by atoms with Gasteiger partial charge in [-0.25, -0.2) is 4.79 Å². The molecule has 0 aromatic rings. The summed E-state index contributed by atoms with van der Waals surface area (Å²) in [6.07, 6.45) is 2.19. The van der Waals surface area contributed by atoms with E-state index >= 15 is 0 Å². The van der Waals surface area contributed by atoms with Gasteiger partial charge in [-0.3, -0.25) is 4.79 Å². The Morgan fingerprint density at radius 3 is 2.75 bits per heavy atom. The molecule has 1 heterocycles. The molecule has 0 aromatic carbocycles. The maximum Gasteiger partial charge on any atom is 0.410 e. The fraction of sp³-hybridized carbons (Fsp3) is 0.818. The second-order valence-electron chi connectivity index (χ2n) is 5.05. The minimum Gasteiger partial charge on any atom is -0.444 e. The lowest BCUT2D eigenvalue weighted by molar-refractivity contribution is -0.110. The van der Waals surface area contributed by atoms with Gasteiger partial charge in [0.25, 0.3) is 0 Å². The first-order valence-corrected chi connectivity index (χ1v) is 5.60. The molecule has 16 heavy (non-hydrogen) atoms. The van der Waals surface area contributed by atoms with Crippen molar-refractivity contribution in [3.8, 4) is 0 Å². The zero-order valence-electron chi connectivity index (χ0n) is 10.2. The van der Waals surface area contributed by atoms with Crippen LogP contribution in [0.5, 0.6) is 0 Å². The van der Waals surface area contributed by atoms with Gasteiger partial charge in [0, 0.05) is 19.1 Å². The molecule has 1 fully saturated rings. The second-order valence-corrected chi connectivity index (χ2v) is 5.05. The lowest BCUT2D eigenvalue weighted by Gasteiger charge is -2.33. The molecule has 5 heteroatoms. The van der Waals surface area contributed by atoms with Crippen LogP contribution < -0.4 is 5.32 Å². The van der Waals surface area contributed by atoms with Crippen LogP contribution in [0.4, 0.5) is 4.79 Å². The lowest BCUT2D eigenvalue weighted by Crippen LogP contribution is -2.49. The standard InChI is InChI=1S/C11H20N2O3/c1-11(2,3)16-10(15)13-6-4-5-9(7-13)12-8-14/h8-9H,4-7H2,1-3H3,(H,12,14). The predicted molar refractivity (Wildman–Crippen MR) is 60.0 cm³/mol. The number of amides is 2. The van der Waals surface area contributed by atoms with Crippen molar-refractivity contribution in [3.05, 3.63) is 0 Å². The predicted octanol–water partition coefficient (Wildman–Crippen LogP) is 1.13. The number of rotatable bonds is 2. The Kier molecular flexibility index (Phi) is 4.15. The number of likely N-dealkylation sites (tertiary alicyclic amines) is 1. The second kappa shape index (κ2) is 5.18. The topological polar surface area (TPSA) is 58.6 Å². The Bertz CT molecular complexity index is 260.